The molecule has 100 valence electrons. The molecule has 0 bridgehead atoms. The molecule has 0 saturated heterocycles. The van der Waals surface area contributed by atoms with Crippen LogP contribution in [0.15, 0.2) is 24.8 Å². The number of rotatable bonds is 4. The fraction of sp³-hybridized carbons (Fsp3) is 0.500. The summed E-state index contributed by atoms with van der Waals surface area (Å²) in [4.78, 5) is 16.2. The summed E-state index contributed by atoms with van der Waals surface area (Å²) in [5, 5.41) is 4.19. The molecule has 0 radical (unpaired) electrons. The highest BCUT2D eigenvalue weighted by Gasteiger charge is 2.43. The van der Waals surface area contributed by atoms with Crippen LogP contribution in [-0.2, 0) is 0 Å². The third-order valence-electron chi connectivity index (χ3n) is 4.02. The van der Waals surface area contributed by atoms with Gasteiger partial charge in [0.15, 0.2) is 12.0 Å². The number of hydrogen-bond acceptors (Lipinski definition) is 3. The lowest BCUT2D eigenvalue weighted by Gasteiger charge is -2.10. The second-order valence-electron chi connectivity index (χ2n) is 5.42. The van der Waals surface area contributed by atoms with E-state index in [1.165, 1.54) is 4.68 Å². The van der Waals surface area contributed by atoms with Crippen LogP contribution < -0.4 is 0 Å². The largest absolute Gasteiger partial charge is 0.290 e. The minimum Gasteiger partial charge on any atom is -0.290 e. The Balaban J connectivity index is 1.92. The zero-order chi connectivity index (χ0) is 13.7. The topological polar surface area (TPSA) is 47.8 Å². The second-order valence-corrected chi connectivity index (χ2v) is 5.42. The van der Waals surface area contributed by atoms with E-state index in [4.69, 9.17) is 0 Å². The molecule has 0 amide bonds. The van der Waals surface area contributed by atoms with Crippen LogP contribution in [0, 0.1) is 11.8 Å². The van der Waals surface area contributed by atoms with Gasteiger partial charge in [0.05, 0.1) is 6.04 Å². The van der Waals surface area contributed by atoms with Crippen molar-refractivity contribution in [2.45, 2.75) is 32.0 Å². The van der Waals surface area contributed by atoms with Crippen molar-refractivity contribution in [3.05, 3.63) is 36.5 Å². The lowest BCUT2D eigenvalue weighted by atomic mass is 10.1. The molecule has 2 aliphatic rings. The molecule has 0 spiro atoms. The van der Waals surface area contributed by atoms with Crippen molar-refractivity contribution in [1.82, 2.24) is 14.8 Å². The summed E-state index contributed by atoms with van der Waals surface area (Å²) in [6.07, 6.45) is 1.56. The van der Waals surface area contributed by atoms with Crippen LogP contribution in [0.2, 0.25) is 0 Å². The third kappa shape index (κ3) is 1.84. The summed E-state index contributed by atoms with van der Waals surface area (Å²) in [5.74, 6) is 0.732. The number of hydrogen-bond donors (Lipinski definition) is 0. The standard InChI is InChI=1S/C14H16FN3O/c1-4-7(2)11-6-10(15)14-16-13(17-18(11)14)12(19)9-5-8(9)3/h4,8-11H,1-2,5-6H2,3H3/t8-,9+,10+,11+/m0/s1. The third-order valence-corrected chi connectivity index (χ3v) is 4.02. The number of nitrogens with zero attached hydrogens (tertiary/aromatic N) is 3. The van der Waals surface area contributed by atoms with E-state index in [1.54, 1.807) is 6.08 Å². The van der Waals surface area contributed by atoms with Crippen molar-refractivity contribution in [2.75, 3.05) is 0 Å². The summed E-state index contributed by atoms with van der Waals surface area (Å²) in [5.41, 5.74) is 0.699. The Morgan fingerprint density at radius 2 is 2.21 bits per heavy atom. The summed E-state index contributed by atoms with van der Waals surface area (Å²) in [6, 6.07) is -0.270. The zero-order valence-electron chi connectivity index (χ0n) is 10.8. The van der Waals surface area contributed by atoms with Crippen LogP contribution in [0.3, 0.4) is 0 Å². The number of halogens is 1. The minimum absolute atomic E-state index is 0.0160. The average Bonchev–Trinajstić information content (AvgIpc) is 2.86. The monoisotopic (exact) mass is 261 g/mol. The Hall–Kier alpha value is -1.78. The molecule has 0 aromatic carbocycles. The summed E-state index contributed by atoms with van der Waals surface area (Å²) in [6.45, 7) is 9.51. The number of allylic oxidation sites excluding steroid dienone is 2. The number of carbonyl (C=O) groups excluding carboxylic acids is 1. The lowest BCUT2D eigenvalue weighted by molar-refractivity contribution is 0.0951. The van der Waals surface area contributed by atoms with Gasteiger partial charge in [-0.05, 0) is 17.9 Å². The van der Waals surface area contributed by atoms with Gasteiger partial charge in [-0.15, -0.1) is 5.10 Å². The maximum atomic E-state index is 13.9. The summed E-state index contributed by atoms with van der Waals surface area (Å²) >= 11 is 0. The minimum atomic E-state index is -1.19. The molecule has 0 N–H and O–H groups in total. The molecule has 19 heavy (non-hydrogen) atoms. The van der Waals surface area contributed by atoms with E-state index in [1.807, 2.05) is 6.92 Å². The Morgan fingerprint density at radius 1 is 1.53 bits per heavy atom. The predicted molar refractivity (Wildman–Crippen MR) is 68.5 cm³/mol. The molecule has 5 heteroatoms. The SMILES string of the molecule is C=CC(=C)[C@H]1C[C@@H](F)c2nc(C(=O)[C@@H]3C[C@@H]3C)nn21. The number of alkyl halides is 1. The molecular weight excluding hydrogens is 245 g/mol. The summed E-state index contributed by atoms with van der Waals surface area (Å²) < 4.78 is 15.4. The molecule has 0 unspecified atom stereocenters. The molecule has 1 fully saturated rings. The van der Waals surface area contributed by atoms with Crippen LogP contribution in [0.4, 0.5) is 4.39 Å². The Bertz CT molecular complexity index is 577. The molecule has 4 atom stereocenters. The predicted octanol–water partition coefficient (Wildman–Crippen LogP) is 2.81. The maximum Gasteiger partial charge on any atom is 0.217 e. The van der Waals surface area contributed by atoms with Crippen molar-refractivity contribution >= 4 is 5.78 Å². The molecule has 1 aromatic heterocycles. The number of Topliss-reactive ketones (excluding diaryl/α,β-unsaturated/α-hetero) is 1. The molecule has 4 nitrogen and oxygen atoms in total. The highest BCUT2D eigenvalue weighted by atomic mass is 19.1. The van der Waals surface area contributed by atoms with Gasteiger partial charge in [-0.25, -0.2) is 14.1 Å². The first-order valence-corrected chi connectivity index (χ1v) is 6.49. The van der Waals surface area contributed by atoms with Crippen LogP contribution in [0.25, 0.3) is 0 Å². The molecule has 1 aromatic rings. The van der Waals surface area contributed by atoms with Crippen molar-refractivity contribution in [3.63, 3.8) is 0 Å². The fourth-order valence-electron chi connectivity index (χ4n) is 2.58. The molecule has 1 saturated carbocycles. The number of carbonyl (C=O) groups is 1. The molecule has 1 aliphatic carbocycles. The highest BCUT2D eigenvalue weighted by molar-refractivity contribution is 5.96. The van der Waals surface area contributed by atoms with Crippen LogP contribution >= 0.6 is 0 Å². The van der Waals surface area contributed by atoms with Gasteiger partial charge in [-0.1, -0.05) is 26.2 Å². The maximum absolute atomic E-state index is 13.9. The summed E-state index contributed by atoms with van der Waals surface area (Å²) in [7, 11) is 0. The zero-order valence-corrected chi connectivity index (χ0v) is 10.8. The van der Waals surface area contributed by atoms with E-state index in [0.29, 0.717) is 11.5 Å². The fourth-order valence-corrected chi connectivity index (χ4v) is 2.58. The van der Waals surface area contributed by atoms with E-state index in [2.05, 4.69) is 23.2 Å². The van der Waals surface area contributed by atoms with Crippen LogP contribution in [0.1, 0.15) is 48.4 Å². The van der Waals surface area contributed by atoms with Crippen molar-refractivity contribution in [1.29, 1.82) is 0 Å². The van der Waals surface area contributed by atoms with Crippen molar-refractivity contribution < 1.29 is 9.18 Å². The lowest BCUT2D eigenvalue weighted by Crippen LogP contribution is -2.10. The van der Waals surface area contributed by atoms with E-state index >= 15 is 0 Å². The molecule has 1 aliphatic heterocycles. The first-order valence-electron chi connectivity index (χ1n) is 6.49. The molecule has 2 heterocycles. The Labute approximate surface area is 111 Å². The van der Waals surface area contributed by atoms with E-state index in [-0.39, 0.29) is 35.8 Å². The van der Waals surface area contributed by atoms with Crippen LogP contribution in [0.5, 0.6) is 0 Å². The van der Waals surface area contributed by atoms with E-state index in [9.17, 15) is 9.18 Å². The highest BCUT2D eigenvalue weighted by Crippen LogP contribution is 2.42. The first kappa shape index (κ1) is 12.3. The quantitative estimate of drug-likeness (QED) is 0.618. The number of fused-ring (bicyclic) bond motifs is 1. The second kappa shape index (κ2) is 4.11. The van der Waals surface area contributed by atoms with Crippen molar-refractivity contribution in [2.24, 2.45) is 11.8 Å². The first-order chi connectivity index (χ1) is 9.02. The Kier molecular flexibility index (Phi) is 2.66. The van der Waals surface area contributed by atoms with Gasteiger partial charge in [0, 0.05) is 12.3 Å². The van der Waals surface area contributed by atoms with Gasteiger partial charge in [0.25, 0.3) is 0 Å². The molecular formula is C14H16FN3O. The van der Waals surface area contributed by atoms with Crippen LogP contribution in [-0.4, -0.2) is 20.5 Å². The smallest absolute Gasteiger partial charge is 0.217 e. The normalized spacial score (nSPS) is 31.9. The van der Waals surface area contributed by atoms with Gasteiger partial charge in [0.1, 0.15) is 0 Å². The van der Waals surface area contributed by atoms with E-state index < -0.39 is 6.17 Å². The van der Waals surface area contributed by atoms with Gasteiger partial charge in [-0.2, -0.15) is 0 Å². The average molecular weight is 261 g/mol. The number of ketones is 1. The van der Waals surface area contributed by atoms with Gasteiger partial charge >= 0.3 is 0 Å². The van der Waals surface area contributed by atoms with Gasteiger partial charge in [0.2, 0.25) is 11.6 Å². The molecule has 3 rings (SSSR count). The Morgan fingerprint density at radius 3 is 2.79 bits per heavy atom. The van der Waals surface area contributed by atoms with Gasteiger partial charge < -0.3 is 0 Å². The number of aromatic nitrogens is 3. The van der Waals surface area contributed by atoms with E-state index in [0.717, 1.165) is 6.42 Å². The van der Waals surface area contributed by atoms with Crippen molar-refractivity contribution in [3.8, 4) is 0 Å². The van der Waals surface area contributed by atoms with Gasteiger partial charge in [-0.3, -0.25) is 4.79 Å².